The number of aryl methyl sites for hydroxylation is 2. The van der Waals surface area contributed by atoms with Gasteiger partial charge in [-0.2, -0.15) is 0 Å². The smallest absolute Gasteiger partial charge is 0.258 e. The molecule has 0 spiro atoms. The molecule has 2 atom stereocenters. The second-order valence-corrected chi connectivity index (χ2v) is 10.4. The molecule has 2 aromatic carbocycles. The SMILES string of the molecule is COC1=N[C@H](C(C)C)C(OC)=N[C@H]1Cc1ccc(-c2c(C)c3cc(F)ccc3n(C)c2=O)c2c1CCC2. The summed E-state index contributed by atoms with van der Waals surface area (Å²) in [6.07, 6.45) is 3.52. The van der Waals surface area contributed by atoms with Crippen molar-refractivity contribution in [2.24, 2.45) is 23.0 Å². The standard InChI is InChI=1S/C30H34FN3O3/c1-16(2)27-29(37-6)32-24(28(33-27)36-5)14-18-10-12-22(21-9-7-8-20(18)21)26-17(3)23-15-19(31)11-13-25(23)34(4)30(26)35/h10-13,15-16,24,27H,7-9,14H2,1-6H3/t24-,27+/m0/s1. The van der Waals surface area contributed by atoms with Crippen LogP contribution in [0.4, 0.5) is 4.39 Å². The van der Waals surface area contributed by atoms with Gasteiger partial charge in [0.1, 0.15) is 17.9 Å². The zero-order chi connectivity index (χ0) is 26.4. The van der Waals surface area contributed by atoms with E-state index in [4.69, 9.17) is 19.5 Å². The number of aliphatic imine (C=N–C) groups is 2. The second kappa shape index (κ2) is 9.77. The van der Waals surface area contributed by atoms with Gasteiger partial charge >= 0.3 is 0 Å². The summed E-state index contributed by atoms with van der Waals surface area (Å²) in [4.78, 5) is 23.2. The maximum atomic E-state index is 14.1. The van der Waals surface area contributed by atoms with Crippen molar-refractivity contribution in [3.8, 4) is 11.1 Å². The van der Waals surface area contributed by atoms with E-state index in [-0.39, 0.29) is 29.4 Å². The first-order valence-corrected chi connectivity index (χ1v) is 12.9. The zero-order valence-electron chi connectivity index (χ0n) is 22.4. The van der Waals surface area contributed by atoms with Crippen molar-refractivity contribution in [2.75, 3.05) is 14.2 Å². The van der Waals surface area contributed by atoms with Crippen molar-refractivity contribution in [3.05, 3.63) is 68.8 Å². The number of hydrogen-bond acceptors (Lipinski definition) is 5. The molecule has 0 fully saturated rings. The van der Waals surface area contributed by atoms with Gasteiger partial charge in [0.15, 0.2) is 0 Å². The monoisotopic (exact) mass is 503 g/mol. The number of ether oxygens (including phenoxy) is 2. The number of hydrogen-bond donors (Lipinski definition) is 0. The van der Waals surface area contributed by atoms with E-state index in [1.807, 2.05) is 6.92 Å². The predicted molar refractivity (Wildman–Crippen MR) is 146 cm³/mol. The summed E-state index contributed by atoms with van der Waals surface area (Å²) in [6.45, 7) is 6.11. The number of pyridine rings is 1. The number of halogens is 1. The van der Waals surface area contributed by atoms with E-state index in [2.05, 4.69) is 26.0 Å². The molecule has 7 heteroatoms. The molecule has 1 aliphatic carbocycles. The molecular weight excluding hydrogens is 469 g/mol. The second-order valence-electron chi connectivity index (χ2n) is 10.4. The minimum atomic E-state index is -0.306. The van der Waals surface area contributed by atoms with Crippen LogP contribution in [-0.4, -0.2) is 42.7 Å². The quantitative estimate of drug-likeness (QED) is 0.493. The Kier molecular flexibility index (Phi) is 6.65. The lowest BCUT2D eigenvalue weighted by Crippen LogP contribution is -2.38. The summed E-state index contributed by atoms with van der Waals surface area (Å²) in [5.41, 5.74) is 6.76. The number of nitrogens with zero attached hydrogens (tertiary/aromatic N) is 3. The highest BCUT2D eigenvalue weighted by atomic mass is 19.1. The molecule has 0 bridgehead atoms. The molecule has 0 unspecified atom stereocenters. The number of benzene rings is 2. The molecule has 37 heavy (non-hydrogen) atoms. The molecule has 0 saturated carbocycles. The van der Waals surface area contributed by atoms with Crippen LogP contribution < -0.4 is 5.56 Å². The molecule has 5 rings (SSSR count). The molecule has 3 aromatic rings. The third-order valence-electron chi connectivity index (χ3n) is 7.82. The molecule has 0 N–H and O–H groups in total. The van der Waals surface area contributed by atoms with Gasteiger partial charge in [-0.05, 0) is 78.1 Å². The first kappa shape index (κ1) is 25.2. The fraction of sp³-hybridized carbons (Fsp3) is 0.433. The average molecular weight is 504 g/mol. The first-order valence-electron chi connectivity index (χ1n) is 12.9. The predicted octanol–water partition coefficient (Wildman–Crippen LogP) is 5.18. The fourth-order valence-corrected chi connectivity index (χ4v) is 5.90. The third-order valence-corrected chi connectivity index (χ3v) is 7.82. The number of methoxy groups -OCH3 is 2. The van der Waals surface area contributed by atoms with E-state index >= 15 is 0 Å². The van der Waals surface area contributed by atoms with E-state index in [1.165, 1.54) is 28.8 Å². The summed E-state index contributed by atoms with van der Waals surface area (Å²) < 4.78 is 27.0. The van der Waals surface area contributed by atoms with Gasteiger partial charge in [-0.15, -0.1) is 0 Å². The summed E-state index contributed by atoms with van der Waals surface area (Å²) >= 11 is 0. The van der Waals surface area contributed by atoms with Gasteiger partial charge in [0.25, 0.3) is 5.56 Å². The Morgan fingerprint density at radius 2 is 1.78 bits per heavy atom. The van der Waals surface area contributed by atoms with Gasteiger partial charge in [0.2, 0.25) is 11.8 Å². The van der Waals surface area contributed by atoms with Crippen LogP contribution in [0, 0.1) is 18.7 Å². The highest BCUT2D eigenvalue weighted by Crippen LogP contribution is 2.37. The van der Waals surface area contributed by atoms with E-state index < -0.39 is 0 Å². The lowest BCUT2D eigenvalue weighted by molar-refractivity contribution is 0.332. The minimum Gasteiger partial charge on any atom is -0.483 e. The molecule has 6 nitrogen and oxygen atoms in total. The molecule has 0 radical (unpaired) electrons. The van der Waals surface area contributed by atoms with Gasteiger partial charge in [0, 0.05) is 18.9 Å². The lowest BCUT2D eigenvalue weighted by atomic mass is 9.89. The van der Waals surface area contributed by atoms with Gasteiger partial charge in [0.05, 0.1) is 25.3 Å². The van der Waals surface area contributed by atoms with Crippen molar-refractivity contribution < 1.29 is 13.9 Å². The Morgan fingerprint density at radius 3 is 2.49 bits per heavy atom. The van der Waals surface area contributed by atoms with Gasteiger partial charge < -0.3 is 14.0 Å². The van der Waals surface area contributed by atoms with E-state index in [1.54, 1.807) is 31.9 Å². The summed E-state index contributed by atoms with van der Waals surface area (Å²) in [7, 11) is 5.04. The topological polar surface area (TPSA) is 65.2 Å². The maximum Gasteiger partial charge on any atom is 0.258 e. The van der Waals surface area contributed by atoms with Crippen LogP contribution in [0.5, 0.6) is 0 Å². The summed E-state index contributed by atoms with van der Waals surface area (Å²) in [6, 6.07) is 8.35. The first-order chi connectivity index (χ1) is 17.7. The molecule has 0 saturated heterocycles. The molecular formula is C30H34FN3O3. The molecule has 2 aliphatic rings. The molecule has 0 amide bonds. The number of fused-ring (bicyclic) bond motifs is 2. The van der Waals surface area contributed by atoms with Crippen LogP contribution in [0.1, 0.15) is 42.5 Å². The fourth-order valence-electron chi connectivity index (χ4n) is 5.90. The Balaban J connectivity index is 1.60. The highest BCUT2D eigenvalue weighted by molar-refractivity contribution is 5.94. The Labute approximate surface area is 216 Å². The van der Waals surface area contributed by atoms with Gasteiger partial charge in [-0.3, -0.25) is 4.79 Å². The highest BCUT2D eigenvalue weighted by Gasteiger charge is 2.32. The van der Waals surface area contributed by atoms with Crippen LogP contribution in [0.15, 0.2) is 45.1 Å². The molecule has 1 aromatic heterocycles. The van der Waals surface area contributed by atoms with Gasteiger partial charge in [-0.1, -0.05) is 26.0 Å². The van der Waals surface area contributed by atoms with Crippen molar-refractivity contribution in [3.63, 3.8) is 0 Å². The van der Waals surface area contributed by atoms with Gasteiger partial charge in [-0.25, -0.2) is 14.4 Å². The minimum absolute atomic E-state index is 0.0615. The summed E-state index contributed by atoms with van der Waals surface area (Å²) in [5.74, 6) is 1.20. The normalized spacial score (nSPS) is 19.1. The largest absolute Gasteiger partial charge is 0.483 e. The number of rotatable bonds is 4. The van der Waals surface area contributed by atoms with E-state index in [0.29, 0.717) is 23.8 Å². The Morgan fingerprint density at radius 1 is 1.05 bits per heavy atom. The molecule has 2 heterocycles. The average Bonchev–Trinajstić information content (AvgIpc) is 3.38. The third kappa shape index (κ3) is 4.24. The molecule has 194 valence electrons. The Bertz CT molecular complexity index is 1500. The van der Waals surface area contributed by atoms with Crippen LogP contribution in [0.25, 0.3) is 22.0 Å². The van der Waals surface area contributed by atoms with E-state index in [9.17, 15) is 9.18 Å². The van der Waals surface area contributed by atoms with E-state index in [0.717, 1.165) is 41.3 Å². The Hall–Kier alpha value is -3.48. The van der Waals surface area contributed by atoms with Crippen LogP contribution >= 0.6 is 0 Å². The maximum absolute atomic E-state index is 14.1. The van der Waals surface area contributed by atoms with Crippen molar-refractivity contribution in [2.45, 2.75) is 58.5 Å². The van der Waals surface area contributed by atoms with Crippen LogP contribution in [0.2, 0.25) is 0 Å². The lowest BCUT2D eigenvalue weighted by Gasteiger charge is -2.27. The zero-order valence-corrected chi connectivity index (χ0v) is 22.4. The number of aromatic nitrogens is 1. The summed E-state index contributed by atoms with van der Waals surface area (Å²) in [5, 5.41) is 0.761. The van der Waals surface area contributed by atoms with Crippen molar-refractivity contribution >= 4 is 22.7 Å². The molecule has 1 aliphatic heterocycles. The van der Waals surface area contributed by atoms with Crippen molar-refractivity contribution in [1.29, 1.82) is 0 Å². The van der Waals surface area contributed by atoms with Crippen molar-refractivity contribution in [1.82, 2.24) is 4.57 Å². The van der Waals surface area contributed by atoms with Crippen LogP contribution in [-0.2, 0) is 35.8 Å². The van der Waals surface area contributed by atoms with Crippen LogP contribution in [0.3, 0.4) is 0 Å².